The van der Waals surface area contributed by atoms with Crippen LogP contribution in [0.5, 0.6) is 0 Å². The third-order valence-corrected chi connectivity index (χ3v) is 11.5. The van der Waals surface area contributed by atoms with Crippen LogP contribution in [0.1, 0.15) is 186 Å². The molecule has 4 N–H and O–H groups in total. The highest BCUT2D eigenvalue weighted by molar-refractivity contribution is 5.49. The molecule has 0 saturated heterocycles. The second-order valence-corrected chi connectivity index (χ2v) is 15.8. The smallest absolute Gasteiger partial charge is 0.0316 e. The summed E-state index contributed by atoms with van der Waals surface area (Å²) in [5, 5.41) is 0. The minimum absolute atomic E-state index is 0.461. The fourth-order valence-corrected chi connectivity index (χ4v) is 8.29. The standard InChI is InChI=1S/C50H72N2/c1-5-7-17-23-49(47-35-33-45(51)37-39(47)3)43-29-25-41(26-30-43)21-19-15-13-11-9-10-12-14-16-20-22-42-27-31-44(32-28-42)50(24-18-8-6-2)48-36-34-46(52)38-40(48)4/h25-38,49-50H,5-24,51-52H2,1-4H3. The Kier molecular flexibility index (Phi) is 18.4. The number of nitrogen functional groups attached to an aromatic ring is 2. The van der Waals surface area contributed by atoms with Gasteiger partial charge in [0, 0.05) is 23.2 Å². The summed E-state index contributed by atoms with van der Waals surface area (Å²) in [4.78, 5) is 0. The number of hydrogen-bond donors (Lipinski definition) is 2. The Bertz CT molecular complexity index is 1430. The van der Waals surface area contributed by atoms with Crippen molar-refractivity contribution in [1.29, 1.82) is 0 Å². The minimum Gasteiger partial charge on any atom is -0.399 e. The Morgan fingerprint density at radius 3 is 1.08 bits per heavy atom. The van der Waals surface area contributed by atoms with E-state index in [0.717, 1.165) is 11.4 Å². The summed E-state index contributed by atoms with van der Waals surface area (Å²) in [6.45, 7) is 9.00. The summed E-state index contributed by atoms with van der Waals surface area (Å²) >= 11 is 0. The third kappa shape index (κ3) is 13.8. The first-order chi connectivity index (χ1) is 25.4. The molecule has 0 radical (unpaired) electrons. The van der Waals surface area contributed by atoms with Crippen molar-refractivity contribution in [3.05, 3.63) is 129 Å². The maximum Gasteiger partial charge on any atom is 0.0316 e. The molecule has 2 unspecified atom stereocenters. The van der Waals surface area contributed by atoms with Crippen LogP contribution in [0, 0.1) is 13.8 Å². The molecule has 0 spiro atoms. The van der Waals surface area contributed by atoms with E-state index >= 15 is 0 Å². The van der Waals surface area contributed by atoms with E-state index in [-0.39, 0.29) is 0 Å². The van der Waals surface area contributed by atoms with E-state index in [2.05, 4.69) is 113 Å². The van der Waals surface area contributed by atoms with Gasteiger partial charge in [0.2, 0.25) is 0 Å². The molecule has 2 heteroatoms. The number of nitrogens with two attached hydrogens (primary N) is 2. The summed E-state index contributed by atoms with van der Waals surface area (Å²) in [7, 11) is 0. The van der Waals surface area contributed by atoms with E-state index < -0.39 is 0 Å². The Hall–Kier alpha value is -3.52. The molecule has 0 amide bonds. The topological polar surface area (TPSA) is 52.0 Å². The predicted octanol–water partition coefficient (Wildman–Crippen LogP) is 14.6. The zero-order chi connectivity index (χ0) is 37.0. The molecular formula is C50H72N2. The van der Waals surface area contributed by atoms with Crippen LogP contribution >= 0.6 is 0 Å². The average Bonchev–Trinajstić information content (AvgIpc) is 3.14. The van der Waals surface area contributed by atoms with Crippen LogP contribution in [-0.2, 0) is 12.8 Å². The summed E-state index contributed by atoms with van der Waals surface area (Å²) in [6.07, 6.45) is 26.1. The number of benzene rings is 4. The van der Waals surface area contributed by atoms with Crippen LogP contribution in [0.2, 0.25) is 0 Å². The molecule has 0 aromatic heterocycles. The Labute approximate surface area is 319 Å². The summed E-state index contributed by atoms with van der Waals surface area (Å²) in [6, 6.07) is 32.0. The fourth-order valence-electron chi connectivity index (χ4n) is 8.29. The summed E-state index contributed by atoms with van der Waals surface area (Å²) in [5.41, 5.74) is 25.3. The second kappa shape index (κ2) is 23.2. The lowest BCUT2D eigenvalue weighted by atomic mass is 9.84. The zero-order valence-electron chi connectivity index (χ0n) is 33.5. The molecule has 0 aliphatic heterocycles. The molecule has 2 nitrogen and oxygen atoms in total. The van der Waals surface area contributed by atoms with Crippen LogP contribution < -0.4 is 11.5 Å². The van der Waals surface area contributed by atoms with Crippen LogP contribution in [0.4, 0.5) is 11.4 Å². The van der Waals surface area contributed by atoms with E-state index in [1.807, 2.05) is 0 Å². The second-order valence-electron chi connectivity index (χ2n) is 15.8. The number of hydrogen-bond acceptors (Lipinski definition) is 2. The predicted molar refractivity (Wildman–Crippen MR) is 230 cm³/mol. The van der Waals surface area contributed by atoms with Crippen molar-refractivity contribution in [2.24, 2.45) is 0 Å². The fraction of sp³-hybridized carbons (Fsp3) is 0.520. The van der Waals surface area contributed by atoms with E-state index in [4.69, 9.17) is 11.5 Å². The first kappa shape index (κ1) is 41.2. The van der Waals surface area contributed by atoms with Crippen LogP contribution in [0.3, 0.4) is 0 Å². The quantitative estimate of drug-likeness (QED) is 0.0534. The van der Waals surface area contributed by atoms with Gasteiger partial charge in [-0.15, -0.1) is 0 Å². The molecular weight excluding hydrogens is 629 g/mol. The van der Waals surface area contributed by atoms with E-state index in [1.54, 1.807) is 0 Å². The molecule has 4 aromatic carbocycles. The molecule has 52 heavy (non-hydrogen) atoms. The minimum atomic E-state index is 0.461. The highest BCUT2D eigenvalue weighted by Gasteiger charge is 2.18. The average molecular weight is 701 g/mol. The molecule has 0 fully saturated rings. The number of aryl methyl sites for hydroxylation is 4. The Morgan fingerprint density at radius 2 is 0.750 bits per heavy atom. The molecule has 4 aromatic rings. The largest absolute Gasteiger partial charge is 0.399 e. The van der Waals surface area contributed by atoms with Gasteiger partial charge in [-0.2, -0.15) is 0 Å². The molecule has 0 heterocycles. The van der Waals surface area contributed by atoms with Gasteiger partial charge in [-0.3, -0.25) is 0 Å². The molecule has 4 rings (SSSR count). The van der Waals surface area contributed by atoms with Gasteiger partial charge in [-0.1, -0.05) is 164 Å². The van der Waals surface area contributed by atoms with Crippen molar-refractivity contribution >= 4 is 11.4 Å². The molecule has 0 aliphatic rings. The molecule has 2 atom stereocenters. The van der Waals surface area contributed by atoms with Gasteiger partial charge < -0.3 is 11.5 Å². The number of rotatable bonds is 25. The van der Waals surface area contributed by atoms with Crippen molar-refractivity contribution < 1.29 is 0 Å². The lowest BCUT2D eigenvalue weighted by molar-refractivity contribution is 0.551. The Balaban J connectivity index is 1.07. The van der Waals surface area contributed by atoms with Crippen LogP contribution in [0.25, 0.3) is 0 Å². The van der Waals surface area contributed by atoms with Gasteiger partial charge in [0.05, 0.1) is 0 Å². The lowest BCUT2D eigenvalue weighted by Crippen LogP contribution is -2.05. The van der Waals surface area contributed by atoms with Gasteiger partial charge in [0.15, 0.2) is 0 Å². The van der Waals surface area contributed by atoms with Gasteiger partial charge in [-0.25, -0.2) is 0 Å². The van der Waals surface area contributed by atoms with Crippen LogP contribution in [0.15, 0.2) is 84.9 Å². The molecule has 0 bridgehead atoms. The molecule has 0 saturated carbocycles. The highest BCUT2D eigenvalue weighted by atomic mass is 14.5. The monoisotopic (exact) mass is 701 g/mol. The number of anilines is 2. The first-order valence-electron chi connectivity index (χ1n) is 21.3. The van der Waals surface area contributed by atoms with E-state index in [0.29, 0.717) is 11.8 Å². The van der Waals surface area contributed by atoms with Crippen molar-refractivity contribution in [2.75, 3.05) is 11.5 Å². The van der Waals surface area contributed by atoms with Crippen molar-refractivity contribution in [3.8, 4) is 0 Å². The third-order valence-electron chi connectivity index (χ3n) is 11.5. The maximum absolute atomic E-state index is 6.07. The zero-order valence-corrected chi connectivity index (χ0v) is 33.5. The van der Waals surface area contributed by atoms with Gasteiger partial charge in [0.1, 0.15) is 0 Å². The summed E-state index contributed by atoms with van der Waals surface area (Å²) < 4.78 is 0. The van der Waals surface area contributed by atoms with Gasteiger partial charge in [0.25, 0.3) is 0 Å². The van der Waals surface area contributed by atoms with E-state index in [9.17, 15) is 0 Å². The SMILES string of the molecule is CCCCCC(c1ccc(CCCCCCCCCCCCc2ccc(C(CCCCC)c3ccc(N)cc3C)cc2)cc1)c1ccc(N)cc1C. The first-order valence-corrected chi connectivity index (χ1v) is 21.3. The Morgan fingerprint density at radius 1 is 0.404 bits per heavy atom. The summed E-state index contributed by atoms with van der Waals surface area (Å²) in [5.74, 6) is 0.923. The molecule has 282 valence electrons. The van der Waals surface area contributed by atoms with Gasteiger partial charge in [-0.05, 0) is 121 Å². The highest BCUT2D eigenvalue weighted by Crippen LogP contribution is 2.35. The number of unbranched alkanes of at least 4 members (excludes halogenated alkanes) is 13. The van der Waals surface area contributed by atoms with Crippen molar-refractivity contribution in [1.82, 2.24) is 0 Å². The molecule has 0 aliphatic carbocycles. The van der Waals surface area contributed by atoms with E-state index in [1.165, 1.54) is 173 Å². The van der Waals surface area contributed by atoms with Gasteiger partial charge >= 0.3 is 0 Å². The maximum atomic E-state index is 6.07. The lowest BCUT2D eigenvalue weighted by Gasteiger charge is -2.21. The van der Waals surface area contributed by atoms with Crippen LogP contribution in [-0.4, -0.2) is 0 Å². The normalized spacial score (nSPS) is 12.6. The van der Waals surface area contributed by atoms with Crippen molar-refractivity contribution in [3.63, 3.8) is 0 Å². The van der Waals surface area contributed by atoms with Crippen molar-refractivity contribution in [2.45, 2.75) is 168 Å².